The summed E-state index contributed by atoms with van der Waals surface area (Å²) in [5.41, 5.74) is 8.12. The monoisotopic (exact) mass is 226 g/mol. The van der Waals surface area contributed by atoms with Gasteiger partial charge in [-0.2, -0.15) is 0 Å². The number of nitrogens with zero attached hydrogens (tertiary/aromatic N) is 1. The third-order valence-corrected chi connectivity index (χ3v) is 3.36. The van der Waals surface area contributed by atoms with Gasteiger partial charge in [0.15, 0.2) is 0 Å². The van der Waals surface area contributed by atoms with Crippen molar-refractivity contribution in [2.24, 2.45) is 5.73 Å². The number of fused-ring (bicyclic) bond motifs is 1. The van der Waals surface area contributed by atoms with E-state index in [-0.39, 0.29) is 18.7 Å². The minimum Gasteiger partial charge on any atom is -0.395 e. The van der Waals surface area contributed by atoms with E-state index >= 15 is 0 Å². The van der Waals surface area contributed by atoms with Crippen LogP contribution in [0.15, 0.2) is 18.2 Å². The molecule has 1 aromatic carbocycles. The molecule has 3 nitrogen and oxygen atoms in total. The molecule has 0 amide bonds. The van der Waals surface area contributed by atoms with Gasteiger partial charge < -0.3 is 15.7 Å². The quantitative estimate of drug-likeness (QED) is 0.792. The van der Waals surface area contributed by atoms with Crippen LogP contribution < -0.4 is 10.6 Å². The first-order valence-electron chi connectivity index (χ1n) is 5.01. The molecule has 0 bridgehead atoms. The molecule has 0 aliphatic carbocycles. The van der Waals surface area contributed by atoms with Crippen molar-refractivity contribution >= 4 is 17.3 Å². The zero-order chi connectivity index (χ0) is 11.0. The number of aliphatic hydroxyl groups is 1. The molecule has 1 aliphatic heterocycles. The lowest BCUT2D eigenvalue weighted by atomic mass is 10.0. The van der Waals surface area contributed by atoms with Gasteiger partial charge >= 0.3 is 0 Å². The smallest absolute Gasteiger partial charge is 0.0642 e. The molecule has 1 aliphatic rings. The molecule has 2 unspecified atom stereocenters. The number of aliphatic hydroxyl groups excluding tert-OH is 1. The SMILES string of the molecule is CN1c2c(Cl)cccc2CC1C(N)CO. The van der Waals surface area contributed by atoms with E-state index in [1.165, 1.54) is 5.56 Å². The fourth-order valence-electron chi connectivity index (χ4n) is 2.21. The van der Waals surface area contributed by atoms with Crippen molar-refractivity contribution in [1.82, 2.24) is 0 Å². The maximum Gasteiger partial charge on any atom is 0.0642 e. The minimum atomic E-state index is -0.224. The summed E-state index contributed by atoms with van der Waals surface area (Å²) < 4.78 is 0. The van der Waals surface area contributed by atoms with Crippen LogP contribution in [0.1, 0.15) is 5.56 Å². The van der Waals surface area contributed by atoms with Gasteiger partial charge in [-0.15, -0.1) is 0 Å². The number of rotatable bonds is 2. The van der Waals surface area contributed by atoms with Crippen LogP contribution in [0.25, 0.3) is 0 Å². The number of hydrogen-bond donors (Lipinski definition) is 2. The second-order valence-electron chi connectivity index (χ2n) is 3.98. The van der Waals surface area contributed by atoms with Crippen LogP contribution >= 0.6 is 11.6 Å². The molecule has 1 heterocycles. The van der Waals surface area contributed by atoms with E-state index in [0.29, 0.717) is 0 Å². The highest BCUT2D eigenvalue weighted by molar-refractivity contribution is 6.33. The third-order valence-electron chi connectivity index (χ3n) is 3.05. The lowest BCUT2D eigenvalue weighted by Gasteiger charge is -2.27. The summed E-state index contributed by atoms with van der Waals surface area (Å²) in [6, 6.07) is 5.80. The molecule has 2 atom stereocenters. The Morgan fingerprint density at radius 3 is 3.00 bits per heavy atom. The Morgan fingerprint density at radius 2 is 2.40 bits per heavy atom. The Labute approximate surface area is 94.4 Å². The number of benzene rings is 1. The molecule has 82 valence electrons. The first-order valence-corrected chi connectivity index (χ1v) is 5.39. The average molecular weight is 227 g/mol. The second-order valence-corrected chi connectivity index (χ2v) is 4.38. The molecule has 2 rings (SSSR count). The van der Waals surface area contributed by atoms with Gasteiger partial charge in [-0.25, -0.2) is 0 Å². The van der Waals surface area contributed by atoms with Crippen LogP contribution in [-0.4, -0.2) is 30.8 Å². The topological polar surface area (TPSA) is 49.5 Å². The van der Waals surface area contributed by atoms with Gasteiger partial charge in [0.2, 0.25) is 0 Å². The van der Waals surface area contributed by atoms with Gasteiger partial charge in [0.1, 0.15) is 0 Å². The minimum absolute atomic E-state index is 0.000609. The first kappa shape index (κ1) is 10.7. The Balaban J connectivity index is 2.33. The normalized spacial score (nSPS) is 21.6. The summed E-state index contributed by atoms with van der Waals surface area (Å²) in [6.07, 6.45) is 0.855. The summed E-state index contributed by atoms with van der Waals surface area (Å²) in [4.78, 5) is 2.07. The maximum atomic E-state index is 9.08. The molecule has 3 N–H and O–H groups in total. The van der Waals surface area contributed by atoms with Gasteiger partial charge in [-0.3, -0.25) is 0 Å². The summed E-state index contributed by atoms with van der Waals surface area (Å²) in [5, 5.41) is 9.83. The highest BCUT2D eigenvalue weighted by atomic mass is 35.5. The number of nitrogens with two attached hydrogens (primary N) is 1. The van der Waals surface area contributed by atoms with Gasteiger partial charge in [0, 0.05) is 13.1 Å². The summed E-state index contributed by atoms with van der Waals surface area (Å²) >= 11 is 6.13. The molecular formula is C11H15ClN2O. The van der Waals surface area contributed by atoms with E-state index in [1.54, 1.807) is 0 Å². The first-order chi connectivity index (χ1) is 7.15. The fourth-order valence-corrected chi connectivity index (χ4v) is 2.54. The molecule has 1 aromatic rings. The average Bonchev–Trinajstić information content (AvgIpc) is 2.56. The molecule has 4 heteroatoms. The lowest BCUT2D eigenvalue weighted by Crippen LogP contribution is -2.46. The van der Waals surface area contributed by atoms with E-state index in [0.717, 1.165) is 17.1 Å². The molecule has 0 saturated heterocycles. The van der Waals surface area contributed by atoms with Crippen molar-refractivity contribution in [3.63, 3.8) is 0 Å². The Hall–Kier alpha value is -0.770. The van der Waals surface area contributed by atoms with E-state index in [4.69, 9.17) is 22.4 Å². The number of anilines is 1. The lowest BCUT2D eigenvalue weighted by molar-refractivity contribution is 0.249. The Bertz CT molecular complexity index is 370. The van der Waals surface area contributed by atoms with Gasteiger partial charge in [-0.05, 0) is 18.1 Å². The highest BCUT2D eigenvalue weighted by Crippen LogP contribution is 2.37. The molecular weight excluding hydrogens is 212 g/mol. The van der Waals surface area contributed by atoms with Gasteiger partial charge in [0.05, 0.1) is 23.4 Å². The largest absolute Gasteiger partial charge is 0.395 e. The predicted octanol–water partition coefficient (Wildman–Crippen LogP) is 1.02. The van der Waals surface area contributed by atoms with Crippen molar-refractivity contribution in [1.29, 1.82) is 0 Å². The summed E-state index contributed by atoms with van der Waals surface area (Å²) in [7, 11) is 1.97. The second kappa shape index (κ2) is 4.00. The van der Waals surface area contributed by atoms with Crippen LogP contribution in [0.3, 0.4) is 0 Å². The molecule has 0 radical (unpaired) electrons. The van der Waals surface area contributed by atoms with Crippen LogP contribution in [-0.2, 0) is 6.42 Å². The third kappa shape index (κ3) is 1.71. The highest BCUT2D eigenvalue weighted by Gasteiger charge is 2.31. The molecule has 0 aromatic heterocycles. The molecule has 0 saturated carbocycles. The summed E-state index contributed by atoms with van der Waals surface area (Å²) in [6.45, 7) is 0.000609. The van der Waals surface area contributed by atoms with Crippen LogP contribution in [0.5, 0.6) is 0 Å². The Morgan fingerprint density at radius 1 is 1.67 bits per heavy atom. The van der Waals surface area contributed by atoms with E-state index in [1.807, 2.05) is 19.2 Å². The predicted molar refractivity (Wildman–Crippen MR) is 62.4 cm³/mol. The number of likely N-dealkylation sites (N-methyl/N-ethyl adjacent to an activating group) is 1. The van der Waals surface area contributed by atoms with Gasteiger partial charge in [-0.1, -0.05) is 23.7 Å². The van der Waals surface area contributed by atoms with E-state index in [2.05, 4.69) is 11.0 Å². The zero-order valence-electron chi connectivity index (χ0n) is 8.65. The van der Waals surface area contributed by atoms with Crippen LogP contribution in [0.4, 0.5) is 5.69 Å². The maximum absolute atomic E-state index is 9.08. The van der Waals surface area contributed by atoms with Crippen molar-refractivity contribution in [2.75, 3.05) is 18.6 Å². The van der Waals surface area contributed by atoms with Crippen LogP contribution in [0.2, 0.25) is 5.02 Å². The van der Waals surface area contributed by atoms with Crippen molar-refractivity contribution in [3.05, 3.63) is 28.8 Å². The van der Waals surface area contributed by atoms with Crippen molar-refractivity contribution < 1.29 is 5.11 Å². The molecule has 0 fully saturated rings. The standard InChI is InChI=1S/C11H15ClN2O/c1-14-10(9(13)6-15)5-7-3-2-4-8(12)11(7)14/h2-4,9-10,15H,5-6,13H2,1H3. The number of halogens is 1. The van der Waals surface area contributed by atoms with E-state index < -0.39 is 0 Å². The Kier molecular flexibility index (Phi) is 2.87. The van der Waals surface area contributed by atoms with Crippen molar-refractivity contribution in [3.8, 4) is 0 Å². The zero-order valence-corrected chi connectivity index (χ0v) is 9.41. The van der Waals surface area contributed by atoms with Crippen LogP contribution in [0, 0.1) is 0 Å². The summed E-state index contributed by atoms with van der Waals surface area (Å²) in [5.74, 6) is 0. The number of hydrogen-bond acceptors (Lipinski definition) is 3. The molecule has 0 spiro atoms. The van der Waals surface area contributed by atoms with E-state index in [9.17, 15) is 0 Å². The van der Waals surface area contributed by atoms with Gasteiger partial charge in [0.25, 0.3) is 0 Å². The molecule has 15 heavy (non-hydrogen) atoms. The fraction of sp³-hybridized carbons (Fsp3) is 0.455. The van der Waals surface area contributed by atoms with Crippen molar-refractivity contribution in [2.45, 2.75) is 18.5 Å². The number of para-hydroxylation sites is 1.